The van der Waals surface area contributed by atoms with Crippen LogP contribution in [0.1, 0.15) is 25.3 Å². The number of carbonyl (C=O) groups excluding carboxylic acids is 3. The van der Waals surface area contributed by atoms with Crippen molar-refractivity contribution in [2.24, 2.45) is 0 Å². The van der Waals surface area contributed by atoms with E-state index in [4.69, 9.17) is 54.6 Å². The maximum absolute atomic E-state index is 16.5. The third-order valence-electron chi connectivity index (χ3n) is 10.7. The average molecular weight is 1110 g/mol. The molecule has 8 rings (SSSR count). The first-order valence-electron chi connectivity index (χ1n) is 20.6. The van der Waals surface area contributed by atoms with Crippen LogP contribution in [0.15, 0.2) is 25.3 Å². The van der Waals surface area contributed by atoms with Gasteiger partial charge in [-0.3, -0.25) is 37.6 Å². The van der Waals surface area contributed by atoms with Gasteiger partial charge in [0.1, 0.15) is 49.2 Å². The number of anilines is 2. The summed E-state index contributed by atoms with van der Waals surface area (Å²) in [6, 6.07) is 0. The van der Waals surface area contributed by atoms with Crippen LogP contribution in [-0.4, -0.2) is 150 Å². The lowest BCUT2D eigenvalue weighted by atomic mass is 10.1. The van der Waals surface area contributed by atoms with E-state index < -0.39 is 142 Å². The van der Waals surface area contributed by atoms with Crippen molar-refractivity contribution in [2.75, 3.05) is 57.7 Å². The largest absolute Gasteiger partial charge is 0.447 e. The van der Waals surface area contributed by atoms with E-state index in [0.717, 1.165) is 28.4 Å². The Balaban J connectivity index is 0.827. The molecule has 5 aromatic rings. The molecule has 7 heterocycles. The van der Waals surface area contributed by atoms with Gasteiger partial charge in [0.2, 0.25) is 40.7 Å². The normalized spacial score (nSPS) is 27.7. The second-order valence-corrected chi connectivity index (χ2v) is 21.0. The molecule has 36 heteroatoms. The van der Waals surface area contributed by atoms with Gasteiger partial charge in [-0.2, -0.15) is 8.78 Å². The summed E-state index contributed by atoms with van der Waals surface area (Å²) < 4.78 is 164. The molecule has 72 heavy (non-hydrogen) atoms. The van der Waals surface area contributed by atoms with Crippen molar-refractivity contribution in [2.45, 2.75) is 62.1 Å². The fourth-order valence-corrected chi connectivity index (χ4v) is 10.1. The maximum Gasteiger partial charge on any atom is 0.412 e. The standard InChI is InChI=1S/C36H36F7N11O14P2S2/c1-52(16(55)2-5-60-6-3-17(56)66-29-21(40)19(38)18(37)20(39)22(29)41)4-7-61-36(57)51-31-26-33(48-11-46-31)54(13-50-26)35-24(43)28-15(65-35)9-63-69(58,71)67-27-14(8-62-70(59,72)68-28)64-34(23(27)42)53-12-49-25-30(44)45-10-47-32(25)53/h10-15,23-24,27-28,34-35H,2-9H2,1H3,(H,58,71)(H,59,72)(H2,44,45,47)(H,46,48,51,57)/t14-,15-,23-,24-,27-,28-,34-,35-,69?,70?/m1/s1. The predicted molar refractivity (Wildman–Crippen MR) is 232 cm³/mol. The number of fused-ring (bicyclic) bond motifs is 4. The number of nitrogen functional groups attached to an aromatic ring is 1. The molecule has 0 bridgehead atoms. The molecule has 1 aromatic carbocycles. The zero-order chi connectivity index (χ0) is 51.8. The molecular weight excluding hydrogens is 1070 g/mol. The molecule has 390 valence electrons. The predicted octanol–water partition coefficient (Wildman–Crippen LogP) is 3.90. The Hall–Kier alpha value is -5.25. The third-order valence-corrected chi connectivity index (χ3v) is 13.9. The summed E-state index contributed by atoms with van der Waals surface area (Å²) in [6.07, 6.45) is -11.6. The van der Waals surface area contributed by atoms with Crippen LogP contribution in [0.4, 0.5) is 47.2 Å². The first-order valence-corrected chi connectivity index (χ1v) is 25.9. The number of nitrogens with zero attached hydrogens (tertiary/aromatic N) is 9. The number of rotatable bonds is 13. The van der Waals surface area contributed by atoms with Crippen molar-refractivity contribution < 1.29 is 96.4 Å². The quantitative estimate of drug-likeness (QED) is 0.0190. The van der Waals surface area contributed by atoms with Crippen molar-refractivity contribution in [1.29, 1.82) is 0 Å². The van der Waals surface area contributed by atoms with E-state index in [9.17, 15) is 45.8 Å². The number of nitrogens with one attached hydrogen (secondary N) is 1. The second-order valence-electron chi connectivity index (χ2n) is 15.4. The van der Waals surface area contributed by atoms with Crippen LogP contribution >= 0.6 is 25.8 Å². The van der Waals surface area contributed by atoms with E-state index in [0.29, 0.717) is 0 Å². The number of halogens is 7. The first-order chi connectivity index (χ1) is 34.1. The highest BCUT2D eigenvalue weighted by molar-refractivity contribution is 8.44. The van der Waals surface area contributed by atoms with Gasteiger partial charge < -0.3 is 43.7 Å². The van der Waals surface area contributed by atoms with E-state index in [2.05, 4.69) is 52.2 Å². The molecule has 4 N–H and O–H groups in total. The summed E-state index contributed by atoms with van der Waals surface area (Å²) in [5.74, 6) is -15.6. The Morgan fingerprint density at radius 1 is 0.833 bits per heavy atom. The number of thiol groups is 1. The summed E-state index contributed by atoms with van der Waals surface area (Å²) in [4.78, 5) is 73.7. The monoisotopic (exact) mass is 1110 g/mol. The average Bonchev–Trinajstić information content (AvgIpc) is 4.11. The Bertz CT molecular complexity index is 2960. The number of likely N-dealkylation sites (N-methyl/N-ethyl adjacent to an activating group) is 1. The summed E-state index contributed by atoms with van der Waals surface area (Å²) >= 11 is 9.21. The van der Waals surface area contributed by atoms with Crippen LogP contribution in [0.5, 0.6) is 5.75 Å². The minimum Gasteiger partial charge on any atom is -0.447 e. The summed E-state index contributed by atoms with van der Waals surface area (Å²) in [6.45, 7) is -11.7. The number of hydrogen-bond donors (Lipinski definition) is 4. The third kappa shape index (κ3) is 11.3. The van der Waals surface area contributed by atoms with Gasteiger partial charge in [0.05, 0.1) is 58.5 Å². The smallest absolute Gasteiger partial charge is 0.412 e. The fraction of sp³-hybridized carbons (Fsp3) is 0.472. The molecule has 3 aliphatic heterocycles. The van der Waals surface area contributed by atoms with Gasteiger partial charge in [-0.05, 0) is 11.8 Å². The number of nitrogens with two attached hydrogens (primary N) is 1. The Morgan fingerprint density at radius 2 is 1.39 bits per heavy atom. The number of benzene rings is 1. The maximum atomic E-state index is 16.5. The number of hydrogen-bond acceptors (Lipinski definition) is 21. The molecule has 3 aliphatic rings. The molecule has 4 aromatic heterocycles. The van der Waals surface area contributed by atoms with Crippen molar-refractivity contribution in [3.05, 3.63) is 54.4 Å². The van der Waals surface area contributed by atoms with E-state index >= 15 is 8.78 Å². The van der Waals surface area contributed by atoms with Gasteiger partial charge >= 0.3 is 25.6 Å². The molecule has 0 saturated carbocycles. The minimum atomic E-state index is -4.57. The van der Waals surface area contributed by atoms with Crippen LogP contribution in [0, 0.1) is 29.1 Å². The number of alkyl halides is 2. The van der Waals surface area contributed by atoms with Crippen molar-refractivity contribution in [3.63, 3.8) is 0 Å². The number of esters is 1. The minimum absolute atomic E-state index is 0.00232. The zero-order valence-corrected chi connectivity index (χ0v) is 39.8. The molecule has 3 saturated heterocycles. The van der Waals surface area contributed by atoms with Gasteiger partial charge in [-0.25, -0.2) is 61.2 Å². The second kappa shape index (κ2) is 21.7. The number of amides is 2. The van der Waals surface area contributed by atoms with Gasteiger partial charge in [0.25, 0.3) is 0 Å². The lowest BCUT2D eigenvalue weighted by Gasteiger charge is -2.29. The topological polar surface area (TPSA) is 300 Å². The van der Waals surface area contributed by atoms with Crippen LogP contribution < -0.4 is 15.8 Å². The molecule has 0 spiro atoms. The van der Waals surface area contributed by atoms with E-state index in [1.54, 1.807) is 0 Å². The van der Waals surface area contributed by atoms with Crippen LogP contribution in [0.2, 0.25) is 0 Å². The highest BCUT2D eigenvalue weighted by Gasteiger charge is 2.54. The molecular formula is C36H36F7N11O14P2S2. The molecule has 2 amide bonds. The van der Waals surface area contributed by atoms with Crippen molar-refractivity contribution in [1.82, 2.24) is 43.9 Å². The highest BCUT2D eigenvalue weighted by Crippen LogP contribution is 2.59. The summed E-state index contributed by atoms with van der Waals surface area (Å²) in [7, 11) is 1.36. The lowest BCUT2D eigenvalue weighted by molar-refractivity contribution is -0.136. The molecule has 10 atom stereocenters. The molecule has 0 radical (unpaired) electrons. The van der Waals surface area contributed by atoms with Crippen molar-refractivity contribution >= 4 is 89.5 Å². The van der Waals surface area contributed by atoms with E-state index in [1.807, 2.05) is 0 Å². The molecule has 0 aliphatic carbocycles. The fourth-order valence-electron chi connectivity index (χ4n) is 7.23. The van der Waals surface area contributed by atoms with Gasteiger partial charge in [-0.15, -0.1) is 0 Å². The highest BCUT2D eigenvalue weighted by atomic mass is 32.7. The van der Waals surface area contributed by atoms with E-state index in [-0.39, 0.29) is 60.1 Å². The SMILES string of the molecule is CN(CCOC(=O)Nc1ncnc2c1ncn2[C@@H]1O[C@@H]2COP(O)(=S)O[C@H]3[C@@H](F)[C@H](n4cnc5c(N)ncnc54)O[C@@H]3COP(=O)(S)O[C@H]2[C@H]1F)C(=O)CCOCCC(=O)Oc1c(F)c(F)c(F)c(F)c1F. The lowest BCUT2D eigenvalue weighted by Crippen LogP contribution is -2.37. The molecule has 2 unspecified atom stereocenters. The number of ether oxygens (including phenoxy) is 5. The van der Waals surface area contributed by atoms with Crippen molar-refractivity contribution in [3.8, 4) is 5.75 Å². The van der Waals surface area contributed by atoms with E-state index in [1.165, 1.54) is 17.9 Å². The van der Waals surface area contributed by atoms with Crippen LogP contribution in [0.3, 0.4) is 0 Å². The first kappa shape index (κ1) is 53.1. The number of carbonyl (C=O) groups is 3. The summed E-state index contributed by atoms with van der Waals surface area (Å²) in [5.41, 5.74) is 5.89. The summed E-state index contributed by atoms with van der Waals surface area (Å²) in [5, 5.41) is 2.35. The van der Waals surface area contributed by atoms with Crippen LogP contribution in [-0.2, 0) is 63.0 Å². The van der Waals surface area contributed by atoms with Gasteiger partial charge in [0.15, 0.2) is 53.2 Å². The zero-order valence-electron chi connectivity index (χ0n) is 36.3. The Morgan fingerprint density at radius 3 is 2.04 bits per heavy atom. The van der Waals surface area contributed by atoms with Crippen LogP contribution in [0.25, 0.3) is 22.3 Å². The van der Waals surface area contributed by atoms with Gasteiger partial charge in [-0.1, -0.05) is 12.2 Å². The number of aromatic nitrogens is 8. The van der Waals surface area contributed by atoms with Gasteiger partial charge in [0, 0.05) is 7.05 Å². The number of imidazole rings is 2. The molecule has 25 nitrogen and oxygen atoms in total. The molecule has 3 fully saturated rings. The Labute approximate surface area is 408 Å². The Kier molecular flexibility index (Phi) is 16.0.